The van der Waals surface area contributed by atoms with Gasteiger partial charge in [0.05, 0.1) is 4.90 Å². The topological polar surface area (TPSA) is 111 Å². The molecule has 3 aromatic rings. The third kappa shape index (κ3) is 4.80. The first kappa shape index (κ1) is 22.2. The zero-order chi connectivity index (χ0) is 22.9. The second-order valence-electron chi connectivity index (χ2n) is 6.70. The standard InChI is InChI=1S/C21H16F2O7S/c1-11(21(25)26)18-10-16(24)20(29-17-8-5-13(22)9-15(17)23)19(30-18)12-3-6-14(7-4-12)31(2,27)28/h3-11H,1-2H3,(H,25,26). The summed E-state index contributed by atoms with van der Waals surface area (Å²) in [4.78, 5) is 24.0. The molecule has 1 heterocycles. The maximum absolute atomic E-state index is 14.1. The van der Waals surface area contributed by atoms with Gasteiger partial charge in [-0.3, -0.25) is 9.59 Å². The molecule has 1 unspecified atom stereocenters. The Kier molecular flexibility index (Phi) is 5.94. The summed E-state index contributed by atoms with van der Waals surface area (Å²) >= 11 is 0. The van der Waals surface area contributed by atoms with Crippen LogP contribution in [-0.2, 0) is 14.6 Å². The third-order valence-electron chi connectivity index (χ3n) is 4.37. The van der Waals surface area contributed by atoms with Gasteiger partial charge in [-0.1, -0.05) is 0 Å². The van der Waals surface area contributed by atoms with E-state index in [9.17, 15) is 31.9 Å². The number of carboxylic acid groups (broad SMARTS) is 1. The number of ether oxygens (including phenoxy) is 1. The Bertz CT molecular complexity index is 1310. The van der Waals surface area contributed by atoms with E-state index in [-0.39, 0.29) is 22.0 Å². The van der Waals surface area contributed by atoms with E-state index >= 15 is 0 Å². The summed E-state index contributed by atoms with van der Waals surface area (Å²) in [6.07, 6.45) is 1.02. The third-order valence-corrected chi connectivity index (χ3v) is 5.50. The van der Waals surface area contributed by atoms with Crippen molar-refractivity contribution in [1.82, 2.24) is 0 Å². The van der Waals surface area contributed by atoms with Crippen molar-refractivity contribution in [3.05, 3.63) is 76.1 Å². The molecule has 0 saturated carbocycles. The molecule has 0 amide bonds. The summed E-state index contributed by atoms with van der Waals surface area (Å²) in [7, 11) is -3.50. The van der Waals surface area contributed by atoms with Gasteiger partial charge in [0.2, 0.25) is 11.2 Å². The summed E-state index contributed by atoms with van der Waals surface area (Å²) in [6.45, 7) is 1.30. The van der Waals surface area contributed by atoms with E-state index in [1.807, 2.05) is 0 Å². The number of halogens is 2. The lowest BCUT2D eigenvalue weighted by Crippen LogP contribution is -2.13. The van der Waals surface area contributed by atoms with Gasteiger partial charge in [0.15, 0.2) is 27.2 Å². The molecule has 0 aliphatic heterocycles. The normalized spacial score (nSPS) is 12.4. The van der Waals surface area contributed by atoms with E-state index in [0.717, 1.165) is 24.5 Å². The molecule has 0 radical (unpaired) electrons. The van der Waals surface area contributed by atoms with Gasteiger partial charge in [0.1, 0.15) is 17.5 Å². The second-order valence-corrected chi connectivity index (χ2v) is 8.72. The quantitative estimate of drug-likeness (QED) is 0.605. The summed E-state index contributed by atoms with van der Waals surface area (Å²) in [5.74, 6) is -5.70. The van der Waals surface area contributed by atoms with Crippen LogP contribution in [-0.4, -0.2) is 25.7 Å². The van der Waals surface area contributed by atoms with Gasteiger partial charge >= 0.3 is 5.97 Å². The first-order chi connectivity index (χ1) is 14.5. The van der Waals surface area contributed by atoms with Gasteiger partial charge in [-0.25, -0.2) is 17.2 Å². The molecule has 3 rings (SSSR count). The van der Waals surface area contributed by atoms with Crippen LogP contribution in [0, 0.1) is 11.6 Å². The van der Waals surface area contributed by atoms with Crippen molar-refractivity contribution in [3.63, 3.8) is 0 Å². The van der Waals surface area contributed by atoms with Crippen molar-refractivity contribution in [2.24, 2.45) is 0 Å². The molecule has 1 atom stereocenters. The first-order valence-corrected chi connectivity index (χ1v) is 10.7. The monoisotopic (exact) mass is 450 g/mol. The number of rotatable bonds is 6. The van der Waals surface area contributed by atoms with Crippen LogP contribution in [0.3, 0.4) is 0 Å². The van der Waals surface area contributed by atoms with Crippen LogP contribution in [0.15, 0.2) is 62.6 Å². The molecule has 2 aromatic carbocycles. The van der Waals surface area contributed by atoms with Crippen molar-refractivity contribution in [2.75, 3.05) is 6.26 Å². The Balaban J connectivity index is 2.20. The molecule has 0 fully saturated rings. The predicted octanol–water partition coefficient (Wildman–Crippen LogP) is 3.97. The molecular formula is C21H16F2O7S. The van der Waals surface area contributed by atoms with Crippen molar-refractivity contribution in [3.8, 4) is 22.8 Å². The number of aliphatic carboxylic acids is 1. The van der Waals surface area contributed by atoms with Crippen LogP contribution in [0.5, 0.6) is 11.5 Å². The van der Waals surface area contributed by atoms with Crippen molar-refractivity contribution in [2.45, 2.75) is 17.7 Å². The van der Waals surface area contributed by atoms with E-state index in [4.69, 9.17) is 9.15 Å². The highest BCUT2D eigenvalue weighted by Gasteiger charge is 2.24. The van der Waals surface area contributed by atoms with Crippen LogP contribution in [0.25, 0.3) is 11.3 Å². The molecular weight excluding hydrogens is 434 g/mol. The average Bonchev–Trinajstić information content (AvgIpc) is 2.69. The lowest BCUT2D eigenvalue weighted by atomic mass is 10.1. The van der Waals surface area contributed by atoms with Crippen LogP contribution in [0.2, 0.25) is 0 Å². The van der Waals surface area contributed by atoms with Gasteiger partial charge in [0, 0.05) is 24.0 Å². The Morgan fingerprint density at radius 1 is 1.10 bits per heavy atom. The second kappa shape index (κ2) is 8.31. The molecule has 0 saturated heterocycles. The maximum atomic E-state index is 14.1. The van der Waals surface area contributed by atoms with E-state index in [1.54, 1.807) is 0 Å². The highest BCUT2D eigenvalue weighted by molar-refractivity contribution is 7.90. The molecule has 7 nitrogen and oxygen atoms in total. The molecule has 1 aromatic heterocycles. The molecule has 0 spiro atoms. The van der Waals surface area contributed by atoms with E-state index in [1.165, 1.54) is 31.2 Å². The van der Waals surface area contributed by atoms with E-state index in [2.05, 4.69) is 0 Å². The van der Waals surface area contributed by atoms with Crippen LogP contribution >= 0.6 is 0 Å². The van der Waals surface area contributed by atoms with E-state index < -0.39 is 50.3 Å². The smallest absolute Gasteiger partial charge is 0.313 e. The first-order valence-electron chi connectivity index (χ1n) is 8.81. The zero-order valence-corrected chi connectivity index (χ0v) is 17.1. The lowest BCUT2D eigenvalue weighted by molar-refractivity contribution is -0.138. The average molecular weight is 450 g/mol. The van der Waals surface area contributed by atoms with Crippen molar-refractivity contribution in [1.29, 1.82) is 0 Å². The SMILES string of the molecule is CC(C(=O)O)c1cc(=O)c(Oc2ccc(F)cc2F)c(-c2ccc(S(C)(=O)=O)cc2)o1. The number of carboxylic acids is 1. The van der Waals surface area contributed by atoms with Crippen LogP contribution in [0.1, 0.15) is 18.6 Å². The predicted molar refractivity (Wildman–Crippen MR) is 106 cm³/mol. The Hall–Kier alpha value is -3.53. The molecule has 0 aliphatic rings. The maximum Gasteiger partial charge on any atom is 0.313 e. The van der Waals surface area contributed by atoms with Gasteiger partial charge < -0.3 is 14.3 Å². The molecule has 1 N–H and O–H groups in total. The number of benzene rings is 2. The summed E-state index contributed by atoms with van der Waals surface area (Å²) in [5.41, 5.74) is -0.623. The molecule has 10 heteroatoms. The fourth-order valence-electron chi connectivity index (χ4n) is 2.64. The molecule has 0 aliphatic carbocycles. The van der Waals surface area contributed by atoms with Gasteiger partial charge in [-0.15, -0.1) is 0 Å². The Morgan fingerprint density at radius 3 is 2.29 bits per heavy atom. The fraction of sp³-hybridized carbons (Fsp3) is 0.143. The molecule has 162 valence electrons. The fourth-order valence-corrected chi connectivity index (χ4v) is 3.27. The number of sulfone groups is 1. The minimum Gasteiger partial charge on any atom is -0.481 e. The highest BCUT2D eigenvalue weighted by Crippen LogP contribution is 2.34. The number of carbonyl (C=O) groups is 1. The molecule has 31 heavy (non-hydrogen) atoms. The number of hydrogen-bond acceptors (Lipinski definition) is 6. The van der Waals surface area contributed by atoms with Gasteiger partial charge in [0.25, 0.3) is 0 Å². The highest BCUT2D eigenvalue weighted by atomic mass is 32.2. The largest absolute Gasteiger partial charge is 0.481 e. The van der Waals surface area contributed by atoms with Gasteiger partial charge in [-0.2, -0.15) is 0 Å². The zero-order valence-electron chi connectivity index (χ0n) is 16.3. The molecule has 0 bridgehead atoms. The van der Waals surface area contributed by atoms with Crippen LogP contribution < -0.4 is 10.2 Å². The van der Waals surface area contributed by atoms with Gasteiger partial charge in [-0.05, 0) is 43.3 Å². The Morgan fingerprint density at radius 2 is 1.74 bits per heavy atom. The summed E-state index contributed by atoms with van der Waals surface area (Å²) in [6, 6.07) is 8.58. The minimum absolute atomic E-state index is 0.000651. The Labute approximate surface area is 175 Å². The summed E-state index contributed by atoms with van der Waals surface area (Å²) < 4.78 is 61.6. The minimum atomic E-state index is -3.50. The van der Waals surface area contributed by atoms with E-state index in [0.29, 0.717) is 6.07 Å². The van der Waals surface area contributed by atoms with Crippen molar-refractivity contribution >= 4 is 15.8 Å². The van der Waals surface area contributed by atoms with Crippen LogP contribution in [0.4, 0.5) is 8.78 Å². The van der Waals surface area contributed by atoms with Crippen molar-refractivity contribution < 1.29 is 36.3 Å². The number of hydrogen-bond donors (Lipinski definition) is 1. The summed E-state index contributed by atoms with van der Waals surface area (Å²) in [5, 5.41) is 9.24. The lowest BCUT2D eigenvalue weighted by Gasteiger charge is -2.14.